The van der Waals surface area contributed by atoms with Crippen molar-refractivity contribution in [3.05, 3.63) is 69.5 Å². The average Bonchev–Trinajstić information content (AvgIpc) is 3.40. The van der Waals surface area contributed by atoms with Crippen LogP contribution in [-0.2, 0) is 9.59 Å². The molecule has 2 aromatic carbocycles. The summed E-state index contributed by atoms with van der Waals surface area (Å²) in [4.78, 5) is 54.0. The van der Waals surface area contributed by atoms with Crippen LogP contribution in [0, 0.1) is 34.7 Å². The van der Waals surface area contributed by atoms with E-state index < -0.39 is 34.5 Å². The molecule has 0 saturated carbocycles. The summed E-state index contributed by atoms with van der Waals surface area (Å²) < 4.78 is 13.4. The van der Waals surface area contributed by atoms with E-state index in [1.165, 1.54) is 42.5 Å². The van der Waals surface area contributed by atoms with Crippen molar-refractivity contribution in [3.8, 4) is 0 Å². The van der Waals surface area contributed by atoms with E-state index in [1.807, 2.05) is 4.90 Å². The van der Waals surface area contributed by atoms with Crippen LogP contribution in [0.5, 0.6) is 0 Å². The van der Waals surface area contributed by atoms with Gasteiger partial charge in [-0.3, -0.25) is 29.4 Å². The van der Waals surface area contributed by atoms with Crippen LogP contribution < -0.4 is 4.90 Å². The van der Waals surface area contributed by atoms with E-state index in [0.29, 0.717) is 29.8 Å². The fraction of sp³-hybridized carbons (Fsp3) is 0.348. The molecule has 3 aliphatic rings. The summed E-state index contributed by atoms with van der Waals surface area (Å²) in [6.07, 6.45) is 1.53. The van der Waals surface area contributed by atoms with Crippen molar-refractivity contribution in [2.45, 2.75) is 31.8 Å². The topological polar surface area (TPSA) is 101 Å². The molecule has 9 heteroatoms. The molecule has 0 aliphatic carbocycles. The van der Waals surface area contributed by atoms with Crippen LogP contribution in [0.3, 0.4) is 0 Å². The lowest BCUT2D eigenvalue weighted by molar-refractivity contribution is -0.384. The maximum Gasteiger partial charge on any atom is 0.269 e. The molecular formula is C23H20FN3O5. The van der Waals surface area contributed by atoms with Crippen LogP contribution in [0.1, 0.15) is 28.8 Å². The number of benzene rings is 2. The Morgan fingerprint density at radius 1 is 1.09 bits per heavy atom. The molecule has 3 aliphatic heterocycles. The van der Waals surface area contributed by atoms with E-state index in [4.69, 9.17) is 0 Å². The zero-order valence-corrected chi connectivity index (χ0v) is 17.2. The Labute approximate surface area is 182 Å². The van der Waals surface area contributed by atoms with Crippen molar-refractivity contribution in [1.82, 2.24) is 4.90 Å². The number of hydrogen-bond donors (Lipinski definition) is 0. The molecule has 2 aromatic rings. The Hall–Kier alpha value is -3.46. The summed E-state index contributed by atoms with van der Waals surface area (Å²) in [5.41, 5.74) is 0.910. The monoisotopic (exact) mass is 437 g/mol. The Morgan fingerprint density at radius 2 is 1.78 bits per heavy atom. The predicted octanol–water partition coefficient (Wildman–Crippen LogP) is 2.88. The van der Waals surface area contributed by atoms with E-state index in [9.17, 15) is 28.9 Å². The number of carbonyl (C=O) groups excluding carboxylic acids is 3. The molecule has 4 atom stereocenters. The van der Waals surface area contributed by atoms with Gasteiger partial charge < -0.3 is 0 Å². The van der Waals surface area contributed by atoms with Crippen LogP contribution in [0.2, 0.25) is 0 Å². The number of halogens is 1. The SMILES string of the molecule is Cc1cc([N+](=O)[O-])ccc1N1C(=O)[C@@H]2[C@H](C1=O)[C@H](C(=O)c1ccc(F)cc1)N1CCC[C@H]21. The molecule has 5 rings (SSSR count). The van der Waals surface area contributed by atoms with E-state index in [-0.39, 0.29) is 23.4 Å². The van der Waals surface area contributed by atoms with Gasteiger partial charge in [0.1, 0.15) is 5.82 Å². The van der Waals surface area contributed by atoms with Crippen LogP contribution in [0.4, 0.5) is 15.8 Å². The third kappa shape index (κ3) is 2.88. The maximum atomic E-state index is 13.5. The number of non-ortho nitro benzene ring substituents is 1. The smallest absolute Gasteiger partial charge is 0.269 e. The van der Waals surface area contributed by atoms with Crippen molar-refractivity contribution < 1.29 is 23.7 Å². The minimum absolute atomic E-state index is 0.128. The standard InChI is InChI=1S/C23H20FN3O5/c1-12-11-15(27(31)32)8-9-16(12)26-22(29)18-17-3-2-10-25(17)20(19(18)23(26)30)21(28)13-4-6-14(24)7-5-13/h4-9,11,17-20H,2-3,10H2,1H3/t17-,18+,19+,20-/m1/s1. The summed E-state index contributed by atoms with van der Waals surface area (Å²) in [5, 5.41) is 11.1. The van der Waals surface area contributed by atoms with Gasteiger partial charge >= 0.3 is 0 Å². The minimum atomic E-state index is -0.833. The molecule has 8 nitrogen and oxygen atoms in total. The first-order valence-corrected chi connectivity index (χ1v) is 10.5. The highest BCUT2D eigenvalue weighted by atomic mass is 19.1. The Kier molecular flexibility index (Phi) is 4.67. The van der Waals surface area contributed by atoms with Gasteiger partial charge in [-0.25, -0.2) is 9.29 Å². The molecule has 3 saturated heterocycles. The van der Waals surface area contributed by atoms with Crippen LogP contribution in [0.15, 0.2) is 42.5 Å². The fourth-order valence-electron chi connectivity index (χ4n) is 5.54. The van der Waals surface area contributed by atoms with Gasteiger partial charge in [0.2, 0.25) is 11.8 Å². The summed E-state index contributed by atoms with van der Waals surface area (Å²) in [6, 6.07) is 8.20. The molecule has 2 amide bonds. The van der Waals surface area contributed by atoms with E-state index >= 15 is 0 Å². The number of imide groups is 1. The number of hydrogen-bond acceptors (Lipinski definition) is 6. The second-order valence-corrected chi connectivity index (χ2v) is 8.55. The van der Waals surface area contributed by atoms with Crippen molar-refractivity contribution in [1.29, 1.82) is 0 Å². The lowest BCUT2D eigenvalue weighted by atomic mass is 9.85. The summed E-state index contributed by atoms with van der Waals surface area (Å²) >= 11 is 0. The molecule has 0 radical (unpaired) electrons. The summed E-state index contributed by atoms with van der Waals surface area (Å²) in [7, 11) is 0. The van der Waals surface area contributed by atoms with E-state index in [2.05, 4.69) is 0 Å². The minimum Gasteiger partial charge on any atom is -0.292 e. The largest absolute Gasteiger partial charge is 0.292 e. The number of rotatable bonds is 4. The van der Waals surface area contributed by atoms with Gasteiger partial charge in [-0.1, -0.05) is 0 Å². The van der Waals surface area contributed by atoms with Gasteiger partial charge in [-0.05, 0) is 62.2 Å². The Balaban J connectivity index is 1.54. The molecule has 3 fully saturated rings. The highest BCUT2D eigenvalue weighted by Crippen LogP contribution is 2.49. The molecule has 0 spiro atoms. The van der Waals surface area contributed by atoms with Crippen LogP contribution >= 0.6 is 0 Å². The first-order valence-electron chi connectivity index (χ1n) is 10.5. The third-order valence-electron chi connectivity index (χ3n) is 6.88. The van der Waals surface area contributed by atoms with Crippen LogP contribution in [-0.4, -0.2) is 46.0 Å². The second kappa shape index (κ2) is 7.30. The quantitative estimate of drug-likeness (QED) is 0.316. The van der Waals surface area contributed by atoms with Crippen molar-refractivity contribution >= 4 is 29.0 Å². The normalized spacial score (nSPS) is 27.0. The number of nitrogens with zero attached hydrogens (tertiary/aromatic N) is 3. The van der Waals surface area contributed by atoms with Gasteiger partial charge in [-0.2, -0.15) is 0 Å². The molecule has 3 heterocycles. The lowest BCUT2D eigenvalue weighted by Gasteiger charge is -2.28. The maximum absolute atomic E-state index is 13.5. The first kappa shape index (κ1) is 20.4. The molecule has 0 bridgehead atoms. The highest BCUT2D eigenvalue weighted by Gasteiger charge is 2.64. The van der Waals surface area contributed by atoms with Gasteiger partial charge in [0, 0.05) is 23.7 Å². The molecule has 0 N–H and O–H groups in total. The fourth-order valence-corrected chi connectivity index (χ4v) is 5.54. The Bertz CT molecular complexity index is 1160. The number of anilines is 1. The average molecular weight is 437 g/mol. The second-order valence-electron chi connectivity index (χ2n) is 8.55. The van der Waals surface area contributed by atoms with Crippen molar-refractivity contribution in [2.24, 2.45) is 11.8 Å². The summed E-state index contributed by atoms with van der Waals surface area (Å²) in [5.74, 6) is -3.08. The van der Waals surface area contributed by atoms with Gasteiger partial charge in [-0.15, -0.1) is 0 Å². The number of nitro groups is 1. The van der Waals surface area contributed by atoms with E-state index in [0.717, 1.165) is 11.3 Å². The number of amides is 2. The number of carbonyl (C=O) groups is 3. The van der Waals surface area contributed by atoms with E-state index in [1.54, 1.807) is 6.92 Å². The van der Waals surface area contributed by atoms with Crippen molar-refractivity contribution in [3.63, 3.8) is 0 Å². The predicted molar refractivity (Wildman–Crippen MR) is 112 cm³/mol. The molecule has 32 heavy (non-hydrogen) atoms. The Morgan fingerprint density at radius 3 is 2.44 bits per heavy atom. The molecule has 0 unspecified atom stereocenters. The first-order chi connectivity index (χ1) is 15.3. The third-order valence-corrected chi connectivity index (χ3v) is 6.88. The number of fused-ring (bicyclic) bond motifs is 3. The number of nitro benzene ring substituents is 1. The zero-order chi connectivity index (χ0) is 22.7. The van der Waals surface area contributed by atoms with Crippen LogP contribution in [0.25, 0.3) is 0 Å². The molecular weight excluding hydrogens is 417 g/mol. The van der Waals surface area contributed by atoms with Gasteiger partial charge in [0.15, 0.2) is 5.78 Å². The highest BCUT2D eigenvalue weighted by molar-refractivity contribution is 6.24. The molecule has 0 aromatic heterocycles. The molecule has 164 valence electrons. The number of aryl methyl sites for hydroxylation is 1. The number of ketones is 1. The lowest BCUT2D eigenvalue weighted by Crippen LogP contribution is -2.46. The number of Topliss-reactive ketones (excluding diaryl/α,β-unsaturated/α-hetero) is 1. The van der Waals surface area contributed by atoms with Gasteiger partial charge in [0.05, 0.1) is 28.5 Å². The van der Waals surface area contributed by atoms with Crippen molar-refractivity contribution in [2.75, 3.05) is 11.4 Å². The van der Waals surface area contributed by atoms with Gasteiger partial charge in [0.25, 0.3) is 5.69 Å². The zero-order valence-electron chi connectivity index (χ0n) is 17.2. The summed E-state index contributed by atoms with van der Waals surface area (Å²) in [6.45, 7) is 2.23.